The highest BCUT2D eigenvalue weighted by Gasteiger charge is 2.11. The molecular formula is C17H23N3O2. The van der Waals surface area contributed by atoms with Crippen molar-refractivity contribution in [2.75, 3.05) is 39.4 Å². The lowest BCUT2D eigenvalue weighted by Gasteiger charge is -2.26. The molecule has 1 fully saturated rings. The van der Waals surface area contributed by atoms with E-state index in [1.165, 1.54) is 10.9 Å². The Labute approximate surface area is 130 Å². The maximum absolute atomic E-state index is 11.9. The maximum Gasteiger partial charge on any atom is 0.221 e. The average molecular weight is 301 g/mol. The van der Waals surface area contributed by atoms with Crippen molar-refractivity contribution in [2.45, 2.75) is 12.8 Å². The van der Waals surface area contributed by atoms with Gasteiger partial charge in [-0.25, -0.2) is 0 Å². The fourth-order valence-electron chi connectivity index (χ4n) is 2.85. The molecule has 3 rings (SSSR count). The van der Waals surface area contributed by atoms with E-state index < -0.39 is 0 Å². The number of aromatic nitrogens is 1. The highest BCUT2D eigenvalue weighted by atomic mass is 16.5. The molecule has 0 atom stereocenters. The van der Waals surface area contributed by atoms with Gasteiger partial charge in [0.15, 0.2) is 0 Å². The predicted molar refractivity (Wildman–Crippen MR) is 86.9 cm³/mol. The Morgan fingerprint density at radius 1 is 1.27 bits per heavy atom. The number of morpholine rings is 1. The maximum atomic E-state index is 11.9. The van der Waals surface area contributed by atoms with Crippen molar-refractivity contribution in [1.29, 1.82) is 0 Å². The van der Waals surface area contributed by atoms with Crippen LogP contribution in [0.1, 0.15) is 12.0 Å². The van der Waals surface area contributed by atoms with Gasteiger partial charge >= 0.3 is 0 Å². The zero-order valence-corrected chi connectivity index (χ0v) is 12.8. The van der Waals surface area contributed by atoms with Gasteiger partial charge in [-0.15, -0.1) is 0 Å². The number of aromatic amines is 1. The molecule has 5 heteroatoms. The summed E-state index contributed by atoms with van der Waals surface area (Å²) in [7, 11) is 0. The van der Waals surface area contributed by atoms with Gasteiger partial charge in [0.2, 0.25) is 5.91 Å². The van der Waals surface area contributed by atoms with Gasteiger partial charge < -0.3 is 15.0 Å². The Morgan fingerprint density at radius 3 is 2.95 bits per heavy atom. The van der Waals surface area contributed by atoms with Crippen molar-refractivity contribution < 1.29 is 9.53 Å². The number of nitrogens with zero attached hydrogens (tertiary/aromatic N) is 1. The van der Waals surface area contributed by atoms with E-state index >= 15 is 0 Å². The van der Waals surface area contributed by atoms with Crippen LogP contribution in [0.4, 0.5) is 0 Å². The molecule has 0 spiro atoms. The lowest BCUT2D eigenvalue weighted by atomic mass is 10.1. The lowest BCUT2D eigenvalue weighted by Crippen LogP contribution is -2.39. The first-order valence-corrected chi connectivity index (χ1v) is 7.95. The molecule has 118 valence electrons. The number of carbonyl (C=O) groups excluding carboxylic acids is 1. The highest BCUT2D eigenvalue weighted by Crippen LogP contribution is 2.17. The third-order valence-corrected chi connectivity index (χ3v) is 4.15. The monoisotopic (exact) mass is 301 g/mol. The Morgan fingerprint density at radius 2 is 2.09 bits per heavy atom. The second kappa shape index (κ2) is 7.42. The number of ether oxygens (including phenoxy) is 1. The molecule has 1 aromatic carbocycles. The summed E-state index contributed by atoms with van der Waals surface area (Å²) in [6.45, 7) is 4.93. The summed E-state index contributed by atoms with van der Waals surface area (Å²) in [5.74, 6) is 0.131. The third kappa shape index (κ3) is 3.87. The van der Waals surface area contributed by atoms with Gasteiger partial charge in [0.1, 0.15) is 0 Å². The Bertz CT molecular complexity index is 617. The molecule has 0 unspecified atom stereocenters. The van der Waals surface area contributed by atoms with Gasteiger partial charge in [0.25, 0.3) is 0 Å². The van der Waals surface area contributed by atoms with Crippen molar-refractivity contribution in [3.63, 3.8) is 0 Å². The van der Waals surface area contributed by atoms with E-state index in [-0.39, 0.29) is 5.91 Å². The molecule has 5 nitrogen and oxygen atoms in total. The second-order valence-electron chi connectivity index (χ2n) is 5.66. The van der Waals surface area contributed by atoms with Crippen LogP contribution in [0.25, 0.3) is 10.9 Å². The molecule has 0 aliphatic carbocycles. The van der Waals surface area contributed by atoms with Crippen LogP contribution in [-0.4, -0.2) is 55.2 Å². The number of H-pyrrole nitrogens is 1. The number of fused-ring (bicyclic) bond motifs is 1. The third-order valence-electron chi connectivity index (χ3n) is 4.15. The molecule has 0 bridgehead atoms. The smallest absolute Gasteiger partial charge is 0.221 e. The largest absolute Gasteiger partial charge is 0.379 e. The molecule has 0 radical (unpaired) electrons. The Kier molecular flexibility index (Phi) is 5.08. The van der Waals surface area contributed by atoms with Gasteiger partial charge in [-0.3, -0.25) is 9.69 Å². The van der Waals surface area contributed by atoms with Crippen molar-refractivity contribution in [1.82, 2.24) is 15.2 Å². The number of carbonyl (C=O) groups is 1. The van der Waals surface area contributed by atoms with E-state index in [1.54, 1.807) is 0 Å². The molecular weight excluding hydrogens is 278 g/mol. The minimum Gasteiger partial charge on any atom is -0.379 e. The molecule has 1 amide bonds. The van der Waals surface area contributed by atoms with Crippen LogP contribution in [0.3, 0.4) is 0 Å². The van der Waals surface area contributed by atoms with Crippen molar-refractivity contribution in [2.24, 2.45) is 0 Å². The van der Waals surface area contributed by atoms with Gasteiger partial charge in [0, 0.05) is 49.7 Å². The minimum absolute atomic E-state index is 0.131. The Hall–Kier alpha value is -1.85. The summed E-state index contributed by atoms with van der Waals surface area (Å²) in [5.41, 5.74) is 2.40. The fourth-order valence-corrected chi connectivity index (χ4v) is 2.85. The van der Waals surface area contributed by atoms with Gasteiger partial charge in [-0.1, -0.05) is 18.2 Å². The van der Waals surface area contributed by atoms with Gasteiger partial charge in [0.05, 0.1) is 13.2 Å². The van der Waals surface area contributed by atoms with Crippen LogP contribution >= 0.6 is 0 Å². The highest BCUT2D eigenvalue weighted by molar-refractivity contribution is 5.83. The van der Waals surface area contributed by atoms with E-state index in [0.717, 1.165) is 44.8 Å². The van der Waals surface area contributed by atoms with Gasteiger partial charge in [-0.05, 0) is 18.1 Å². The van der Waals surface area contributed by atoms with Crippen molar-refractivity contribution in [3.05, 3.63) is 36.0 Å². The normalized spacial score (nSPS) is 16.0. The molecule has 0 saturated carbocycles. The first-order chi connectivity index (χ1) is 10.8. The topological polar surface area (TPSA) is 57.4 Å². The SMILES string of the molecule is O=C(CCN1CCOCC1)NCCc1c[nH]c2ccccc12. The summed E-state index contributed by atoms with van der Waals surface area (Å²) in [6.07, 6.45) is 3.45. The van der Waals surface area contributed by atoms with Crippen LogP contribution in [0.2, 0.25) is 0 Å². The van der Waals surface area contributed by atoms with E-state index in [1.807, 2.05) is 18.3 Å². The number of benzene rings is 1. The zero-order valence-electron chi connectivity index (χ0n) is 12.8. The molecule has 2 heterocycles. The standard InChI is InChI=1S/C17H23N3O2/c21-17(6-8-20-9-11-22-12-10-20)18-7-5-14-13-19-16-4-2-1-3-15(14)16/h1-4,13,19H,5-12H2,(H,18,21). The average Bonchev–Trinajstić information content (AvgIpc) is 2.97. The number of hydrogen-bond acceptors (Lipinski definition) is 3. The fraction of sp³-hybridized carbons (Fsp3) is 0.471. The molecule has 1 aromatic heterocycles. The number of rotatable bonds is 6. The van der Waals surface area contributed by atoms with E-state index in [2.05, 4.69) is 27.3 Å². The van der Waals surface area contributed by atoms with Crippen LogP contribution in [0, 0.1) is 0 Å². The number of amides is 1. The van der Waals surface area contributed by atoms with Crippen LogP contribution in [0.15, 0.2) is 30.5 Å². The number of hydrogen-bond donors (Lipinski definition) is 2. The molecule has 22 heavy (non-hydrogen) atoms. The molecule has 1 saturated heterocycles. The van der Waals surface area contributed by atoms with E-state index in [9.17, 15) is 4.79 Å². The summed E-state index contributed by atoms with van der Waals surface area (Å²) >= 11 is 0. The van der Waals surface area contributed by atoms with E-state index in [0.29, 0.717) is 13.0 Å². The van der Waals surface area contributed by atoms with Crippen LogP contribution < -0.4 is 5.32 Å². The molecule has 1 aliphatic rings. The van der Waals surface area contributed by atoms with Crippen LogP contribution in [0.5, 0.6) is 0 Å². The first kappa shape index (κ1) is 15.1. The summed E-state index contributed by atoms with van der Waals surface area (Å²) < 4.78 is 5.30. The number of para-hydroxylation sites is 1. The summed E-state index contributed by atoms with van der Waals surface area (Å²) in [5, 5.41) is 4.26. The minimum atomic E-state index is 0.131. The summed E-state index contributed by atoms with van der Waals surface area (Å²) in [4.78, 5) is 17.4. The Balaban J connectivity index is 1.40. The predicted octanol–water partition coefficient (Wildman–Crippen LogP) is 1.55. The lowest BCUT2D eigenvalue weighted by molar-refractivity contribution is -0.121. The molecule has 2 aromatic rings. The number of nitrogens with one attached hydrogen (secondary N) is 2. The van der Waals surface area contributed by atoms with Crippen molar-refractivity contribution in [3.8, 4) is 0 Å². The zero-order chi connectivity index (χ0) is 15.2. The summed E-state index contributed by atoms with van der Waals surface area (Å²) in [6, 6.07) is 8.25. The molecule has 2 N–H and O–H groups in total. The van der Waals surface area contributed by atoms with Crippen molar-refractivity contribution >= 4 is 16.8 Å². The quantitative estimate of drug-likeness (QED) is 0.851. The van der Waals surface area contributed by atoms with Crippen LogP contribution in [-0.2, 0) is 16.0 Å². The first-order valence-electron chi connectivity index (χ1n) is 7.95. The second-order valence-corrected chi connectivity index (χ2v) is 5.66. The molecule has 1 aliphatic heterocycles. The van der Waals surface area contributed by atoms with Gasteiger partial charge in [-0.2, -0.15) is 0 Å². The van der Waals surface area contributed by atoms with E-state index in [4.69, 9.17) is 4.74 Å².